The van der Waals surface area contributed by atoms with Crippen molar-refractivity contribution in [3.63, 3.8) is 0 Å². The molecule has 0 saturated heterocycles. The summed E-state index contributed by atoms with van der Waals surface area (Å²) in [6.45, 7) is 5.37. The zero-order valence-electron chi connectivity index (χ0n) is 10.2. The van der Waals surface area contributed by atoms with E-state index in [1.165, 1.54) is 0 Å². The monoisotopic (exact) mass is 303 g/mol. The molecule has 0 aliphatic carbocycles. The molecule has 0 unspecified atom stereocenters. The van der Waals surface area contributed by atoms with Crippen molar-refractivity contribution in [3.05, 3.63) is 16.5 Å². The summed E-state index contributed by atoms with van der Waals surface area (Å²) in [6, 6.07) is 1.72. The highest BCUT2D eigenvalue weighted by atomic mass is 79.9. The Kier molecular flexibility index (Phi) is 4.85. The predicted octanol–water partition coefficient (Wildman–Crippen LogP) is 1.52. The van der Waals surface area contributed by atoms with Crippen molar-refractivity contribution >= 4 is 21.7 Å². The molecule has 0 bridgehead atoms. The van der Waals surface area contributed by atoms with Gasteiger partial charge in [0.05, 0.1) is 18.8 Å². The van der Waals surface area contributed by atoms with E-state index in [4.69, 9.17) is 0 Å². The lowest BCUT2D eigenvalue weighted by atomic mass is 10.1. The quantitative estimate of drug-likeness (QED) is 0.719. The van der Waals surface area contributed by atoms with Gasteiger partial charge in [-0.3, -0.25) is 0 Å². The van der Waals surface area contributed by atoms with E-state index < -0.39 is 5.54 Å². The summed E-state index contributed by atoms with van der Waals surface area (Å²) in [7, 11) is 0. The number of aliphatic hydroxyl groups is 2. The molecule has 0 radical (unpaired) electrons. The SMILES string of the molecule is CC(C)c1nc(Br)cc(NC(C)(CO)CO)n1. The van der Waals surface area contributed by atoms with Crippen LogP contribution in [-0.4, -0.2) is 38.9 Å². The van der Waals surface area contributed by atoms with Gasteiger partial charge in [0, 0.05) is 12.0 Å². The Balaban J connectivity index is 2.98. The zero-order valence-corrected chi connectivity index (χ0v) is 11.8. The van der Waals surface area contributed by atoms with E-state index in [-0.39, 0.29) is 19.1 Å². The second-order valence-corrected chi connectivity index (χ2v) is 5.40. The number of hydrogen-bond donors (Lipinski definition) is 3. The molecule has 0 fully saturated rings. The molecule has 96 valence electrons. The second-order valence-electron chi connectivity index (χ2n) is 4.59. The first-order valence-electron chi connectivity index (χ1n) is 5.44. The van der Waals surface area contributed by atoms with Gasteiger partial charge in [0.15, 0.2) is 0 Å². The van der Waals surface area contributed by atoms with E-state index in [0.29, 0.717) is 16.2 Å². The fraction of sp³-hybridized carbons (Fsp3) is 0.636. The van der Waals surface area contributed by atoms with Crippen LogP contribution in [0.5, 0.6) is 0 Å². The van der Waals surface area contributed by atoms with Gasteiger partial charge in [-0.1, -0.05) is 13.8 Å². The van der Waals surface area contributed by atoms with E-state index in [1.807, 2.05) is 13.8 Å². The van der Waals surface area contributed by atoms with Crippen LogP contribution in [0.25, 0.3) is 0 Å². The Bertz CT molecular complexity index is 381. The first-order chi connectivity index (χ1) is 7.90. The highest BCUT2D eigenvalue weighted by Gasteiger charge is 2.23. The number of nitrogens with one attached hydrogen (secondary N) is 1. The number of halogens is 1. The van der Waals surface area contributed by atoms with Crippen molar-refractivity contribution in [3.8, 4) is 0 Å². The molecule has 0 aromatic carbocycles. The lowest BCUT2D eigenvalue weighted by Crippen LogP contribution is -2.42. The molecular weight excluding hydrogens is 286 g/mol. The van der Waals surface area contributed by atoms with Crippen molar-refractivity contribution < 1.29 is 10.2 Å². The second kappa shape index (κ2) is 5.75. The maximum Gasteiger partial charge on any atom is 0.134 e. The molecular formula is C11H18BrN3O2. The lowest BCUT2D eigenvalue weighted by Gasteiger charge is -2.27. The van der Waals surface area contributed by atoms with Crippen molar-refractivity contribution in [2.75, 3.05) is 18.5 Å². The van der Waals surface area contributed by atoms with Gasteiger partial charge in [0.25, 0.3) is 0 Å². The molecule has 3 N–H and O–H groups in total. The summed E-state index contributed by atoms with van der Waals surface area (Å²) in [4.78, 5) is 8.60. The van der Waals surface area contributed by atoms with Gasteiger partial charge in [0.2, 0.25) is 0 Å². The summed E-state index contributed by atoms with van der Waals surface area (Å²) >= 11 is 3.32. The maximum absolute atomic E-state index is 9.22. The van der Waals surface area contributed by atoms with Crippen LogP contribution in [-0.2, 0) is 0 Å². The van der Waals surface area contributed by atoms with Gasteiger partial charge in [-0.2, -0.15) is 0 Å². The predicted molar refractivity (Wildman–Crippen MR) is 70.0 cm³/mol. The van der Waals surface area contributed by atoms with Crippen LogP contribution in [0.3, 0.4) is 0 Å². The van der Waals surface area contributed by atoms with Crippen LogP contribution in [0.1, 0.15) is 32.5 Å². The molecule has 1 rings (SSSR count). The molecule has 1 heterocycles. The van der Waals surface area contributed by atoms with Crippen LogP contribution in [0.15, 0.2) is 10.7 Å². The highest BCUT2D eigenvalue weighted by Crippen LogP contribution is 2.20. The Morgan fingerprint density at radius 3 is 2.41 bits per heavy atom. The Labute approximate surface area is 109 Å². The van der Waals surface area contributed by atoms with E-state index >= 15 is 0 Å². The van der Waals surface area contributed by atoms with Gasteiger partial charge in [-0.15, -0.1) is 0 Å². The van der Waals surface area contributed by atoms with E-state index in [0.717, 1.165) is 0 Å². The largest absolute Gasteiger partial charge is 0.394 e. The number of anilines is 1. The van der Waals surface area contributed by atoms with Crippen molar-refractivity contribution in [1.29, 1.82) is 0 Å². The van der Waals surface area contributed by atoms with Crippen LogP contribution in [0.2, 0.25) is 0 Å². The first-order valence-corrected chi connectivity index (χ1v) is 6.24. The van der Waals surface area contributed by atoms with Crippen molar-refractivity contribution in [2.24, 2.45) is 0 Å². The highest BCUT2D eigenvalue weighted by molar-refractivity contribution is 9.10. The molecule has 17 heavy (non-hydrogen) atoms. The molecule has 6 heteroatoms. The van der Waals surface area contributed by atoms with Crippen LogP contribution >= 0.6 is 15.9 Å². The minimum atomic E-state index is -0.790. The summed E-state index contributed by atoms with van der Waals surface area (Å²) < 4.78 is 0.678. The van der Waals surface area contributed by atoms with Gasteiger partial charge < -0.3 is 15.5 Å². The lowest BCUT2D eigenvalue weighted by molar-refractivity contribution is 0.147. The number of rotatable bonds is 5. The molecule has 0 atom stereocenters. The smallest absolute Gasteiger partial charge is 0.134 e. The third-order valence-electron chi connectivity index (χ3n) is 2.36. The Hall–Kier alpha value is -0.720. The minimum Gasteiger partial charge on any atom is -0.394 e. The third kappa shape index (κ3) is 3.90. The van der Waals surface area contributed by atoms with Gasteiger partial charge in [-0.25, -0.2) is 9.97 Å². The number of nitrogens with zero attached hydrogens (tertiary/aromatic N) is 2. The summed E-state index contributed by atoms with van der Waals surface area (Å²) in [6.07, 6.45) is 0. The molecule has 0 aliphatic rings. The molecule has 1 aromatic rings. The molecule has 0 amide bonds. The van der Waals surface area contributed by atoms with Gasteiger partial charge >= 0.3 is 0 Å². The summed E-state index contributed by atoms with van der Waals surface area (Å²) in [5.74, 6) is 1.50. The normalized spacial score (nSPS) is 11.9. The van der Waals surface area contributed by atoms with E-state index in [2.05, 4.69) is 31.2 Å². The molecule has 0 spiro atoms. The topological polar surface area (TPSA) is 78.3 Å². The molecule has 0 aliphatic heterocycles. The fourth-order valence-corrected chi connectivity index (χ4v) is 1.59. The Morgan fingerprint density at radius 2 is 1.94 bits per heavy atom. The van der Waals surface area contributed by atoms with E-state index in [9.17, 15) is 10.2 Å². The zero-order chi connectivity index (χ0) is 13.1. The van der Waals surface area contributed by atoms with E-state index in [1.54, 1.807) is 13.0 Å². The summed E-state index contributed by atoms with van der Waals surface area (Å²) in [5.41, 5.74) is -0.790. The first kappa shape index (κ1) is 14.3. The standard InChI is InChI=1S/C11H18BrN3O2/c1-7(2)10-13-8(12)4-9(14-10)15-11(3,5-16)6-17/h4,7,16-17H,5-6H2,1-3H3,(H,13,14,15). The summed E-state index contributed by atoms with van der Waals surface area (Å²) in [5, 5.41) is 21.4. The number of aromatic nitrogens is 2. The fourth-order valence-electron chi connectivity index (χ4n) is 1.20. The van der Waals surface area contributed by atoms with Crippen molar-refractivity contribution in [1.82, 2.24) is 9.97 Å². The van der Waals surface area contributed by atoms with Crippen LogP contribution in [0, 0.1) is 0 Å². The number of hydrogen-bond acceptors (Lipinski definition) is 5. The Morgan fingerprint density at radius 1 is 1.35 bits per heavy atom. The average Bonchev–Trinajstić information content (AvgIpc) is 2.28. The third-order valence-corrected chi connectivity index (χ3v) is 2.76. The molecule has 5 nitrogen and oxygen atoms in total. The van der Waals surface area contributed by atoms with Gasteiger partial charge in [-0.05, 0) is 22.9 Å². The number of aliphatic hydroxyl groups excluding tert-OH is 2. The average molecular weight is 304 g/mol. The van der Waals surface area contributed by atoms with Gasteiger partial charge in [0.1, 0.15) is 16.2 Å². The van der Waals surface area contributed by atoms with Crippen LogP contribution in [0.4, 0.5) is 5.82 Å². The molecule has 1 aromatic heterocycles. The van der Waals surface area contributed by atoms with Crippen LogP contribution < -0.4 is 5.32 Å². The maximum atomic E-state index is 9.22. The minimum absolute atomic E-state index is 0.178. The molecule has 0 saturated carbocycles. The van der Waals surface area contributed by atoms with Crippen molar-refractivity contribution in [2.45, 2.75) is 32.2 Å².